The molecule has 0 saturated carbocycles. The average molecular weight is 316 g/mol. The van der Waals surface area contributed by atoms with Crippen LogP contribution < -0.4 is 9.47 Å². The maximum absolute atomic E-state index is 5.59. The summed E-state index contributed by atoms with van der Waals surface area (Å²) < 4.78 is 11.1. The molecule has 0 amide bonds. The third-order valence-electron chi connectivity index (χ3n) is 4.72. The Morgan fingerprint density at radius 3 is 2.52 bits per heavy atom. The van der Waals surface area contributed by atoms with E-state index in [1.54, 1.807) is 0 Å². The van der Waals surface area contributed by atoms with Crippen LogP contribution in [-0.4, -0.2) is 50.8 Å². The highest BCUT2D eigenvalue weighted by atomic mass is 16.7. The second kappa shape index (κ2) is 6.93. The molecule has 4 heteroatoms. The van der Waals surface area contributed by atoms with Gasteiger partial charge in [0.1, 0.15) is 0 Å². The number of rotatable bonds is 7. The highest BCUT2D eigenvalue weighted by molar-refractivity contribution is 5.70. The molecular weight excluding hydrogens is 288 g/mol. The van der Waals surface area contributed by atoms with Crippen LogP contribution in [0.1, 0.15) is 43.4 Å². The van der Waals surface area contributed by atoms with Crippen molar-refractivity contribution in [2.45, 2.75) is 32.2 Å². The van der Waals surface area contributed by atoms with E-state index >= 15 is 0 Å². The van der Waals surface area contributed by atoms with E-state index < -0.39 is 0 Å². The van der Waals surface area contributed by atoms with Crippen LogP contribution in [0.5, 0.6) is 11.5 Å². The van der Waals surface area contributed by atoms with Crippen LogP contribution in [0, 0.1) is 0 Å². The van der Waals surface area contributed by atoms with Gasteiger partial charge in [-0.1, -0.05) is 19.4 Å². The van der Waals surface area contributed by atoms with Crippen molar-refractivity contribution in [3.05, 3.63) is 28.8 Å². The van der Waals surface area contributed by atoms with Gasteiger partial charge in [-0.15, -0.1) is 0 Å². The normalized spacial score (nSPS) is 18.7. The van der Waals surface area contributed by atoms with Crippen molar-refractivity contribution in [2.75, 3.05) is 41.0 Å². The Kier molecular flexibility index (Phi) is 4.93. The monoisotopic (exact) mass is 316 g/mol. The molecule has 4 nitrogen and oxygen atoms in total. The Bertz CT molecular complexity index is 595. The summed E-state index contributed by atoms with van der Waals surface area (Å²) in [5, 5.41) is 0. The van der Waals surface area contributed by atoms with Gasteiger partial charge in [-0.25, -0.2) is 0 Å². The first-order chi connectivity index (χ1) is 11.1. The predicted molar refractivity (Wildman–Crippen MR) is 94.0 cm³/mol. The molecule has 3 rings (SSSR count). The molecule has 1 aliphatic heterocycles. The fraction of sp³-hybridized carbons (Fsp3) is 0.579. The van der Waals surface area contributed by atoms with E-state index in [4.69, 9.17) is 9.47 Å². The first-order valence-electron chi connectivity index (χ1n) is 8.59. The molecule has 1 unspecified atom stereocenters. The number of hydrogen-bond acceptors (Lipinski definition) is 4. The topological polar surface area (TPSA) is 24.9 Å². The minimum absolute atomic E-state index is 0.339. The lowest BCUT2D eigenvalue weighted by atomic mass is 9.98. The zero-order valence-corrected chi connectivity index (χ0v) is 14.8. The maximum Gasteiger partial charge on any atom is 0.231 e. The molecule has 1 aromatic carbocycles. The molecule has 0 spiro atoms. The summed E-state index contributed by atoms with van der Waals surface area (Å²) in [7, 11) is 6.48. The van der Waals surface area contributed by atoms with Gasteiger partial charge in [-0.3, -0.25) is 4.90 Å². The van der Waals surface area contributed by atoms with Gasteiger partial charge in [-0.2, -0.15) is 0 Å². The number of hydrogen-bond donors (Lipinski definition) is 0. The summed E-state index contributed by atoms with van der Waals surface area (Å²) in [5.74, 6) is 1.77. The molecule has 0 fully saturated rings. The first-order valence-corrected chi connectivity index (χ1v) is 8.59. The third-order valence-corrected chi connectivity index (χ3v) is 4.72. The van der Waals surface area contributed by atoms with Crippen LogP contribution in [0.3, 0.4) is 0 Å². The minimum Gasteiger partial charge on any atom is -0.454 e. The number of unbranched alkanes of at least 4 members (excludes halogenated alkanes) is 1. The molecule has 126 valence electrons. The molecule has 0 N–H and O–H groups in total. The molecule has 0 radical (unpaired) electrons. The summed E-state index contributed by atoms with van der Waals surface area (Å²) in [4.78, 5) is 4.71. The SMILES string of the molecule is CCCCC1=Cc2cc3c(cc2C1N(C)CCN(C)C)OCO3. The van der Waals surface area contributed by atoms with Crippen LogP contribution in [0.25, 0.3) is 6.08 Å². The fourth-order valence-corrected chi connectivity index (χ4v) is 3.41. The van der Waals surface area contributed by atoms with Gasteiger partial charge in [0.25, 0.3) is 0 Å². The summed E-state index contributed by atoms with van der Waals surface area (Å²) in [6, 6.07) is 4.69. The molecule has 0 bridgehead atoms. The lowest BCUT2D eigenvalue weighted by Gasteiger charge is -2.29. The van der Waals surface area contributed by atoms with Gasteiger partial charge in [0, 0.05) is 13.1 Å². The Morgan fingerprint density at radius 1 is 1.09 bits per heavy atom. The molecule has 1 heterocycles. The van der Waals surface area contributed by atoms with Crippen LogP contribution >= 0.6 is 0 Å². The van der Waals surface area contributed by atoms with E-state index in [2.05, 4.69) is 56.1 Å². The lowest BCUT2D eigenvalue weighted by Crippen LogP contribution is -2.32. The van der Waals surface area contributed by atoms with Gasteiger partial charge in [0.05, 0.1) is 6.04 Å². The van der Waals surface area contributed by atoms with Crippen molar-refractivity contribution in [1.29, 1.82) is 0 Å². The highest BCUT2D eigenvalue weighted by Crippen LogP contribution is 2.46. The molecule has 1 aromatic rings. The van der Waals surface area contributed by atoms with Crippen molar-refractivity contribution >= 4 is 6.08 Å². The molecule has 0 aromatic heterocycles. The third kappa shape index (κ3) is 3.38. The van der Waals surface area contributed by atoms with Crippen molar-refractivity contribution in [3.8, 4) is 11.5 Å². The Labute approximate surface area is 139 Å². The second-order valence-electron chi connectivity index (χ2n) is 6.84. The van der Waals surface area contributed by atoms with Crippen LogP contribution in [-0.2, 0) is 0 Å². The van der Waals surface area contributed by atoms with Crippen molar-refractivity contribution in [1.82, 2.24) is 9.80 Å². The molecule has 1 aliphatic carbocycles. The van der Waals surface area contributed by atoms with E-state index in [9.17, 15) is 0 Å². The van der Waals surface area contributed by atoms with Crippen LogP contribution in [0.4, 0.5) is 0 Å². The fourth-order valence-electron chi connectivity index (χ4n) is 3.41. The van der Waals surface area contributed by atoms with E-state index in [-0.39, 0.29) is 0 Å². The minimum atomic E-state index is 0.339. The van der Waals surface area contributed by atoms with E-state index in [1.807, 2.05) is 0 Å². The average Bonchev–Trinajstić information content (AvgIpc) is 3.11. The maximum atomic E-state index is 5.59. The van der Waals surface area contributed by atoms with Gasteiger partial charge >= 0.3 is 0 Å². The first kappa shape index (κ1) is 16.3. The van der Waals surface area contributed by atoms with Gasteiger partial charge in [0.15, 0.2) is 11.5 Å². The zero-order valence-electron chi connectivity index (χ0n) is 14.8. The number of fused-ring (bicyclic) bond motifs is 2. The molecule has 23 heavy (non-hydrogen) atoms. The van der Waals surface area contributed by atoms with E-state index in [1.165, 1.54) is 29.5 Å². The molecule has 2 aliphatic rings. The Balaban J connectivity index is 1.87. The summed E-state index contributed by atoms with van der Waals surface area (Å²) in [6.45, 7) is 4.71. The van der Waals surface area contributed by atoms with E-state index in [0.717, 1.165) is 31.0 Å². The number of likely N-dealkylation sites (N-methyl/N-ethyl adjacent to an activating group) is 2. The predicted octanol–water partition coefficient (Wildman–Crippen LogP) is 3.54. The Morgan fingerprint density at radius 2 is 1.83 bits per heavy atom. The van der Waals surface area contributed by atoms with Gasteiger partial charge < -0.3 is 14.4 Å². The number of benzene rings is 1. The van der Waals surface area contributed by atoms with Crippen molar-refractivity contribution in [2.24, 2.45) is 0 Å². The zero-order chi connectivity index (χ0) is 16.4. The van der Waals surface area contributed by atoms with Crippen molar-refractivity contribution in [3.63, 3.8) is 0 Å². The number of ether oxygens (including phenoxy) is 2. The van der Waals surface area contributed by atoms with Gasteiger partial charge in [-0.05, 0) is 62.8 Å². The summed E-state index contributed by atoms with van der Waals surface area (Å²) >= 11 is 0. The van der Waals surface area contributed by atoms with Gasteiger partial charge in [0.2, 0.25) is 6.79 Å². The molecule has 1 atom stereocenters. The second-order valence-corrected chi connectivity index (χ2v) is 6.84. The summed E-state index contributed by atoms with van der Waals surface area (Å²) in [6.07, 6.45) is 5.99. The molecular formula is C19H28N2O2. The van der Waals surface area contributed by atoms with Crippen molar-refractivity contribution < 1.29 is 9.47 Å². The standard InChI is InChI=1S/C19H28N2O2/c1-5-6-7-14-10-15-11-17-18(23-13-22-17)12-16(15)19(14)21(4)9-8-20(2)3/h10-12,19H,5-9,13H2,1-4H3. The van der Waals surface area contributed by atoms with Crippen LogP contribution in [0.2, 0.25) is 0 Å². The highest BCUT2D eigenvalue weighted by Gasteiger charge is 2.30. The largest absolute Gasteiger partial charge is 0.454 e. The van der Waals surface area contributed by atoms with E-state index in [0.29, 0.717) is 12.8 Å². The quantitative estimate of drug-likeness (QED) is 0.768. The lowest BCUT2D eigenvalue weighted by molar-refractivity contribution is 0.173. The number of nitrogens with zero attached hydrogens (tertiary/aromatic N) is 2. The van der Waals surface area contributed by atoms with Crippen LogP contribution in [0.15, 0.2) is 17.7 Å². The summed E-state index contributed by atoms with van der Waals surface area (Å²) in [5.41, 5.74) is 4.18. The molecule has 0 saturated heterocycles. The smallest absolute Gasteiger partial charge is 0.231 e. The Hall–Kier alpha value is -1.52.